The normalized spacial score (nSPS) is 18.2. The van der Waals surface area contributed by atoms with Gasteiger partial charge in [-0.2, -0.15) is 0 Å². The highest BCUT2D eigenvalue weighted by molar-refractivity contribution is 7.88. The van der Waals surface area contributed by atoms with E-state index in [2.05, 4.69) is 4.72 Å². The highest BCUT2D eigenvalue weighted by atomic mass is 35.5. The second-order valence-corrected chi connectivity index (χ2v) is 9.96. The molecule has 1 fully saturated rings. The lowest BCUT2D eigenvalue weighted by Gasteiger charge is -2.28. The Kier molecular flexibility index (Phi) is 6.82. The summed E-state index contributed by atoms with van der Waals surface area (Å²) in [5.74, 6) is -0.248. The average Bonchev–Trinajstić information content (AvgIpc) is 2.95. The number of likely N-dealkylation sites (tertiary alicyclic amines) is 1. The first-order valence-corrected chi connectivity index (χ1v) is 10.8. The molecule has 0 aromatic heterocycles. The van der Waals surface area contributed by atoms with Crippen LogP contribution in [0.1, 0.15) is 39.2 Å². The van der Waals surface area contributed by atoms with Crippen molar-refractivity contribution in [3.8, 4) is 0 Å². The van der Waals surface area contributed by atoms with Gasteiger partial charge in [-0.25, -0.2) is 17.9 Å². The number of hydrogen-bond donors (Lipinski definition) is 1. The second kappa shape index (κ2) is 8.33. The molecule has 1 aromatic rings. The van der Waals surface area contributed by atoms with Gasteiger partial charge in [0.05, 0.1) is 5.75 Å². The fourth-order valence-electron chi connectivity index (χ4n) is 2.73. The number of ether oxygens (including phenoxy) is 1. The zero-order valence-electron chi connectivity index (χ0n) is 15.1. The first-order chi connectivity index (χ1) is 12.0. The highest BCUT2D eigenvalue weighted by Gasteiger charge is 2.32. The molecule has 0 radical (unpaired) electrons. The SMILES string of the molecule is CC(C)(C)OC(=O)N1CCC[C@H]1CNS(=O)(=O)Cc1ccc(Cl)cc1Cl. The van der Waals surface area contributed by atoms with Crippen LogP contribution in [-0.2, 0) is 20.5 Å². The van der Waals surface area contributed by atoms with Gasteiger partial charge in [0.15, 0.2) is 0 Å². The molecule has 1 N–H and O–H groups in total. The van der Waals surface area contributed by atoms with Crippen LogP contribution in [0.15, 0.2) is 18.2 Å². The number of nitrogens with zero attached hydrogens (tertiary/aromatic N) is 1. The summed E-state index contributed by atoms with van der Waals surface area (Å²) in [7, 11) is -3.60. The number of sulfonamides is 1. The third kappa shape index (κ3) is 6.30. The summed E-state index contributed by atoms with van der Waals surface area (Å²) < 4.78 is 32.7. The highest BCUT2D eigenvalue weighted by Crippen LogP contribution is 2.23. The molecule has 2 rings (SSSR count). The van der Waals surface area contributed by atoms with Crippen LogP contribution in [0.3, 0.4) is 0 Å². The molecule has 1 heterocycles. The summed E-state index contributed by atoms with van der Waals surface area (Å²) in [5, 5.41) is 0.752. The van der Waals surface area contributed by atoms with Crippen molar-refractivity contribution in [2.45, 2.75) is 51.0 Å². The van der Waals surface area contributed by atoms with Gasteiger partial charge in [-0.15, -0.1) is 0 Å². The van der Waals surface area contributed by atoms with E-state index >= 15 is 0 Å². The lowest BCUT2D eigenvalue weighted by Crippen LogP contribution is -2.45. The predicted molar refractivity (Wildman–Crippen MR) is 103 cm³/mol. The van der Waals surface area contributed by atoms with Gasteiger partial charge in [0, 0.05) is 29.2 Å². The number of carbonyl (C=O) groups is 1. The molecule has 26 heavy (non-hydrogen) atoms. The van der Waals surface area contributed by atoms with E-state index in [1.807, 2.05) is 0 Å². The number of benzene rings is 1. The van der Waals surface area contributed by atoms with Gasteiger partial charge in [0.1, 0.15) is 5.60 Å². The molecule has 1 amide bonds. The van der Waals surface area contributed by atoms with Crippen LogP contribution in [-0.4, -0.2) is 44.1 Å². The Morgan fingerprint density at radius 1 is 1.35 bits per heavy atom. The number of halogens is 2. The van der Waals surface area contributed by atoms with E-state index in [9.17, 15) is 13.2 Å². The van der Waals surface area contributed by atoms with Crippen molar-refractivity contribution < 1.29 is 17.9 Å². The summed E-state index contributed by atoms with van der Waals surface area (Å²) in [5.41, 5.74) is -0.117. The van der Waals surface area contributed by atoms with E-state index in [-0.39, 0.29) is 18.3 Å². The van der Waals surface area contributed by atoms with Crippen molar-refractivity contribution in [1.82, 2.24) is 9.62 Å². The van der Waals surface area contributed by atoms with Crippen LogP contribution in [0.5, 0.6) is 0 Å². The number of nitrogens with one attached hydrogen (secondary N) is 1. The molecule has 1 aromatic carbocycles. The zero-order valence-corrected chi connectivity index (χ0v) is 17.4. The number of amides is 1. The third-order valence-electron chi connectivity index (χ3n) is 3.90. The molecule has 1 aliphatic rings. The maximum Gasteiger partial charge on any atom is 0.410 e. The topological polar surface area (TPSA) is 75.7 Å². The fraction of sp³-hybridized carbons (Fsp3) is 0.588. The zero-order chi connectivity index (χ0) is 19.5. The second-order valence-electron chi connectivity index (χ2n) is 7.31. The predicted octanol–water partition coefficient (Wildman–Crippen LogP) is 3.81. The first kappa shape index (κ1) is 21.3. The van der Waals surface area contributed by atoms with Crippen LogP contribution in [0.4, 0.5) is 4.79 Å². The molecule has 0 unspecified atom stereocenters. The molecule has 9 heteroatoms. The van der Waals surface area contributed by atoms with Crippen LogP contribution < -0.4 is 4.72 Å². The van der Waals surface area contributed by atoms with Crippen LogP contribution in [0, 0.1) is 0 Å². The Morgan fingerprint density at radius 2 is 2.04 bits per heavy atom. The van der Waals surface area contributed by atoms with Crippen LogP contribution >= 0.6 is 23.2 Å². The van der Waals surface area contributed by atoms with Crippen LogP contribution in [0.25, 0.3) is 0 Å². The summed E-state index contributed by atoms with van der Waals surface area (Å²) >= 11 is 11.9. The van der Waals surface area contributed by atoms with Gasteiger partial charge in [0.25, 0.3) is 0 Å². The standard InChI is InChI=1S/C17H24Cl2N2O4S/c1-17(2,3)25-16(22)21-8-4-5-14(21)10-20-26(23,24)11-12-6-7-13(18)9-15(12)19/h6-7,9,14,20H,4-5,8,10-11H2,1-3H3/t14-/m0/s1. The maximum absolute atomic E-state index is 12.4. The van der Waals surface area contributed by atoms with Crippen LogP contribution in [0.2, 0.25) is 10.0 Å². The van der Waals surface area contributed by atoms with Gasteiger partial charge in [-0.05, 0) is 51.3 Å². The summed E-state index contributed by atoms with van der Waals surface area (Å²) in [6, 6.07) is 4.47. The van der Waals surface area contributed by atoms with E-state index < -0.39 is 21.7 Å². The minimum absolute atomic E-state index is 0.146. The largest absolute Gasteiger partial charge is 0.444 e. The Morgan fingerprint density at radius 3 is 2.65 bits per heavy atom. The van der Waals surface area contributed by atoms with Gasteiger partial charge in [-0.1, -0.05) is 29.3 Å². The molecule has 6 nitrogen and oxygen atoms in total. The van der Waals surface area contributed by atoms with Gasteiger partial charge < -0.3 is 9.64 Å². The summed E-state index contributed by atoms with van der Waals surface area (Å²) in [6.07, 6.45) is 1.12. The smallest absolute Gasteiger partial charge is 0.410 e. The van der Waals surface area contributed by atoms with E-state index in [0.717, 1.165) is 12.8 Å². The molecule has 1 aliphatic heterocycles. The molecule has 1 atom stereocenters. The molecule has 0 spiro atoms. The Bertz CT molecular complexity index is 763. The summed E-state index contributed by atoms with van der Waals surface area (Å²) in [4.78, 5) is 13.8. The summed E-state index contributed by atoms with van der Waals surface area (Å²) in [6.45, 7) is 6.11. The van der Waals surface area contributed by atoms with Crippen molar-refractivity contribution >= 4 is 39.3 Å². The maximum atomic E-state index is 12.4. The van der Waals surface area contributed by atoms with Crippen molar-refractivity contribution in [3.63, 3.8) is 0 Å². The Hall–Kier alpha value is -1.02. The Labute approximate surface area is 164 Å². The van der Waals surface area contributed by atoms with Gasteiger partial charge in [-0.3, -0.25) is 0 Å². The number of hydrogen-bond acceptors (Lipinski definition) is 4. The number of rotatable bonds is 5. The average molecular weight is 423 g/mol. The van der Waals surface area contributed by atoms with Crippen molar-refractivity contribution in [1.29, 1.82) is 0 Å². The monoisotopic (exact) mass is 422 g/mol. The van der Waals surface area contributed by atoms with Crippen molar-refractivity contribution in [2.24, 2.45) is 0 Å². The molecular formula is C17H24Cl2N2O4S. The van der Waals surface area contributed by atoms with Gasteiger partial charge in [0.2, 0.25) is 10.0 Å². The van der Waals surface area contributed by atoms with E-state index in [1.165, 1.54) is 6.07 Å². The van der Waals surface area contributed by atoms with Gasteiger partial charge >= 0.3 is 6.09 Å². The molecule has 0 bridgehead atoms. The van der Waals surface area contributed by atoms with E-state index in [0.29, 0.717) is 22.2 Å². The molecule has 146 valence electrons. The minimum Gasteiger partial charge on any atom is -0.444 e. The minimum atomic E-state index is -3.60. The Balaban J connectivity index is 1.96. The number of carbonyl (C=O) groups excluding carboxylic acids is 1. The van der Waals surface area contributed by atoms with E-state index in [1.54, 1.807) is 37.8 Å². The molecule has 0 aliphatic carbocycles. The fourth-order valence-corrected chi connectivity index (χ4v) is 4.49. The first-order valence-electron chi connectivity index (χ1n) is 8.38. The lowest BCUT2D eigenvalue weighted by atomic mass is 10.2. The lowest BCUT2D eigenvalue weighted by molar-refractivity contribution is 0.0229. The van der Waals surface area contributed by atoms with E-state index in [4.69, 9.17) is 27.9 Å². The molecule has 0 saturated carbocycles. The molecule has 1 saturated heterocycles. The molecular weight excluding hydrogens is 399 g/mol. The van der Waals surface area contributed by atoms with Crippen molar-refractivity contribution in [2.75, 3.05) is 13.1 Å². The quantitative estimate of drug-likeness (QED) is 0.782. The third-order valence-corrected chi connectivity index (χ3v) is 5.79. The van der Waals surface area contributed by atoms with Crippen molar-refractivity contribution in [3.05, 3.63) is 33.8 Å².